The molecule has 0 aromatic rings. The summed E-state index contributed by atoms with van der Waals surface area (Å²) >= 11 is 1.46. The van der Waals surface area contributed by atoms with E-state index in [2.05, 4.69) is 4.99 Å². The fourth-order valence-corrected chi connectivity index (χ4v) is 1.54. The Balaban J connectivity index is 2.82. The lowest BCUT2D eigenvalue weighted by atomic mass is 10.3. The molecule has 0 saturated heterocycles. The summed E-state index contributed by atoms with van der Waals surface area (Å²) in [5, 5.41) is 0.266. The zero-order valence-electron chi connectivity index (χ0n) is 6.50. The first kappa shape index (κ1) is 8.33. The molecular formula is C7H10N2OS. The van der Waals surface area contributed by atoms with E-state index in [9.17, 15) is 4.79 Å². The van der Waals surface area contributed by atoms with Crippen molar-refractivity contribution in [3.63, 3.8) is 0 Å². The number of carbonyl (C=O) groups is 1. The molecule has 0 unspecified atom stereocenters. The number of aliphatic imine (C=N–C) groups is 1. The monoisotopic (exact) mass is 170 g/mol. The van der Waals surface area contributed by atoms with Crippen molar-refractivity contribution in [2.75, 3.05) is 0 Å². The van der Waals surface area contributed by atoms with Crippen LogP contribution >= 0.6 is 11.8 Å². The Morgan fingerprint density at radius 2 is 2.45 bits per heavy atom. The number of rotatable bonds is 1. The van der Waals surface area contributed by atoms with Crippen molar-refractivity contribution >= 4 is 23.4 Å². The second-order valence-corrected chi connectivity index (χ2v) is 3.77. The highest BCUT2D eigenvalue weighted by molar-refractivity contribution is 8.05. The third-order valence-electron chi connectivity index (χ3n) is 1.52. The number of nitrogens with two attached hydrogens (primary N) is 1. The van der Waals surface area contributed by atoms with Crippen LogP contribution in [-0.4, -0.2) is 16.9 Å². The second-order valence-electron chi connectivity index (χ2n) is 2.39. The van der Waals surface area contributed by atoms with E-state index < -0.39 is 5.91 Å². The van der Waals surface area contributed by atoms with Gasteiger partial charge < -0.3 is 5.73 Å². The topological polar surface area (TPSA) is 55.4 Å². The fourth-order valence-electron chi connectivity index (χ4n) is 0.693. The summed E-state index contributed by atoms with van der Waals surface area (Å²) in [5.41, 5.74) is 6.11. The van der Waals surface area contributed by atoms with E-state index in [1.54, 1.807) is 0 Å². The van der Waals surface area contributed by atoms with E-state index in [1.807, 2.05) is 13.8 Å². The molecule has 1 atom stereocenters. The molecule has 0 aromatic heterocycles. The van der Waals surface area contributed by atoms with Gasteiger partial charge in [0.2, 0.25) is 0 Å². The zero-order valence-corrected chi connectivity index (χ0v) is 7.31. The Bertz CT molecular complexity index is 245. The van der Waals surface area contributed by atoms with Crippen LogP contribution in [0.3, 0.4) is 0 Å². The lowest BCUT2D eigenvalue weighted by Crippen LogP contribution is -2.19. The Morgan fingerprint density at radius 1 is 1.82 bits per heavy atom. The molecule has 0 aliphatic carbocycles. The molecule has 0 bridgehead atoms. The summed E-state index contributed by atoms with van der Waals surface area (Å²) < 4.78 is 0. The number of hydrogen-bond acceptors (Lipinski definition) is 3. The molecule has 0 radical (unpaired) electrons. The largest absolute Gasteiger partial charge is 0.365 e. The van der Waals surface area contributed by atoms with Crippen LogP contribution in [0.1, 0.15) is 13.8 Å². The molecule has 1 rings (SSSR count). The van der Waals surface area contributed by atoms with E-state index in [1.165, 1.54) is 18.0 Å². The molecule has 0 aromatic carbocycles. The minimum atomic E-state index is -0.391. The van der Waals surface area contributed by atoms with Gasteiger partial charge in [-0.1, -0.05) is 0 Å². The molecule has 1 heterocycles. The van der Waals surface area contributed by atoms with Crippen LogP contribution in [0.15, 0.2) is 16.1 Å². The highest BCUT2D eigenvalue weighted by Gasteiger charge is 2.16. The molecule has 1 aliphatic heterocycles. The predicted octanol–water partition coefficient (Wildman–Crippen LogP) is 0.909. The Hall–Kier alpha value is -0.770. The highest BCUT2D eigenvalue weighted by atomic mass is 32.2. The number of thioether (sulfide) groups is 1. The minimum Gasteiger partial charge on any atom is -0.365 e. The average molecular weight is 170 g/mol. The molecule has 11 heavy (non-hydrogen) atoms. The summed E-state index contributed by atoms with van der Waals surface area (Å²) in [6.07, 6.45) is 1.53. The highest BCUT2D eigenvalue weighted by Crippen LogP contribution is 2.25. The van der Waals surface area contributed by atoms with Gasteiger partial charge in [-0.25, -0.2) is 0 Å². The maximum absolute atomic E-state index is 10.7. The molecule has 0 saturated carbocycles. The number of nitrogens with zero attached hydrogens (tertiary/aromatic N) is 1. The van der Waals surface area contributed by atoms with Crippen molar-refractivity contribution < 1.29 is 4.79 Å². The van der Waals surface area contributed by atoms with Gasteiger partial charge in [0.05, 0.1) is 4.91 Å². The molecule has 4 heteroatoms. The number of carbonyl (C=O) groups excluding carboxylic acids is 1. The van der Waals surface area contributed by atoms with Crippen molar-refractivity contribution in [2.45, 2.75) is 19.1 Å². The normalized spacial score (nSPS) is 24.0. The lowest BCUT2D eigenvalue weighted by molar-refractivity contribution is -0.113. The summed E-state index contributed by atoms with van der Waals surface area (Å²) in [6, 6.07) is 0. The van der Waals surface area contributed by atoms with Gasteiger partial charge in [-0.15, -0.1) is 11.8 Å². The molecule has 2 N–H and O–H groups in total. The van der Waals surface area contributed by atoms with E-state index in [0.717, 1.165) is 5.71 Å². The van der Waals surface area contributed by atoms with Crippen LogP contribution in [0.4, 0.5) is 0 Å². The Kier molecular flexibility index (Phi) is 2.34. The van der Waals surface area contributed by atoms with Crippen LogP contribution in [0.5, 0.6) is 0 Å². The Morgan fingerprint density at radius 3 is 2.91 bits per heavy atom. The van der Waals surface area contributed by atoms with Gasteiger partial charge in [-0.05, 0) is 13.8 Å². The molecule has 0 spiro atoms. The SMILES string of the molecule is CC1=NC=C(C(N)=O)S[C@@H]1C. The van der Waals surface area contributed by atoms with Gasteiger partial charge in [-0.3, -0.25) is 9.79 Å². The first-order valence-electron chi connectivity index (χ1n) is 3.32. The molecule has 1 aliphatic rings. The van der Waals surface area contributed by atoms with Gasteiger partial charge in [0.1, 0.15) is 0 Å². The standard InChI is InChI=1S/C7H10N2OS/c1-4-5(2)11-6(3-9-4)7(8)10/h3,5H,1-2H3,(H2,8,10)/t5-/m1/s1. The zero-order chi connectivity index (χ0) is 8.43. The summed E-state index contributed by atoms with van der Waals surface area (Å²) in [5.74, 6) is -0.391. The van der Waals surface area contributed by atoms with E-state index >= 15 is 0 Å². The average Bonchev–Trinajstić information content (AvgIpc) is 1.94. The lowest BCUT2D eigenvalue weighted by Gasteiger charge is -2.14. The van der Waals surface area contributed by atoms with Gasteiger partial charge in [-0.2, -0.15) is 0 Å². The van der Waals surface area contributed by atoms with Crippen molar-refractivity contribution in [3.8, 4) is 0 Å². The molecule has 0 fully saturated rings. The number of amides is 1. The van der Waals surface area contributed by atoms with Crippen LogP contribution in [-0.2, 0) is 4.79 Å². The van der Waals surface area contributed by atoms with Gasteiger partial charge >= 0.3 is 0 Å². The first-order chi connectivity index (χ1) is 5.11. The first-order valence-corrected chi connectivity index (χ1v) is 4.20. The number of hydrogen-bond donors (Lipinski definition) is 1. The summed E-state index contributed by atoms with van der Waals surface area (Å²) in [6.45, 7) is 3.94. The van der Waals surface area contributed by atoms with Crippen molar-refractivity contribution in [1.29, 1.82) is 0 Å². The second kappa shape index (κ2) is 3.09. The minimum absolute atomic E-state index is 0.266. The number of primary amides is 1. The van der Waals surface area contributed by atoms with Gasteiger partial charge in [0, 0.05) is 17.2 Å². The fraction of sp³-hybridized carbons (Fsp3) is 0.429. The molecular weight excluding hydrogens is 160 g/mol. The third-order valence-corrected chi connectivity index (χ3v) is 2.78. The van der Waals surface area contributed by atoms with Gasteiger partial charge in [0.25, 0.3) is 5.91 Å². The van der Waals surface area contributed by atoms with E-state index in [4.69, 9.17) is 5.73 Å². The van der Waals surface area contributed by atoms with Crippen molar-refractivity contribution in [3.05, 3.63) is 11.1 Å². The maximum Gasteiger partial charge on any atom is 0.256 e. The molecule has 1 amide bonds. The smallest absolute Gasteiger partial charge is 0.256 e. The summed E-state index contributed by atoms with van der Waals surface area (Å²) in [4.78, 5) is 15.3. The van der Waals surface area contributed by atoms with Crippen LogP contribution in [0.2, 0.25) is 0 Å². The Labute approximate surface area is 69.8 Å². The quantitative estimate of drug-likeness (QED) is 0.636. The van der Waals surface area contributed by atoms with Crippen LogP contribution < -0.4 is 5.73 Å². The van der Waals surface area contributed by atoms with Gasteiger partial charge in [0.15, 0.2) is 0 Å². The van der Waals surface area contributed by atoms with Crippen molar-refractivity contribution in [2.24, 2.45) is 10.7 Å². The van der Waals surface area contributed by atoms with Crippen molar-refractivity contribution in [1.82, 2.24) is 0 Å². The summed E-state index contributed by atoms with van der Waals surface area (Å²) in [7, 11) is 0. The van der Waals surface area contributed by atoms with Crippen LogP contribution in [0.25, 0.3) is 0 Å². The van der Waals surface area contributed by atoms with Crippen LogP contribution in [0, 0.1) is 0 Å². The third kappa shape index (κ3) is 1.83. The van der Waals surface area contributed by atoms with E-state index in [0.29, 0.717) is 4.91 Å². The van der Waals surface area contributed by atoms with E-state index in [-0.39, 0.29) is 5.25 Å². The molecule has 60 valence electrons. The maximum atomic E-state index is 10.7. The molecule has 3 nitrogen and oxygen atoms in total. The predicted molar refractivity (Wildman–Crippen MR) is 47.4 cm³/mol.